The molecule has 0 N–H and O–H groups in total. The van der Waals surface area contributed by atoms with Crippen molar-refractivity contribution in [3.63, 3.8) is 0 Å². The Morgan fingerprint density at radius 2 is 2.00 bits per heavy atom. The van der Waals surface area contributed by atoms with Gasteiger partial charge in [-0.25, -0.2) is 0 Å². The Kier molecular flexibility index (Phi) is 2.70. The highest BCUT2D eigenvalue weighted by molar-refractivity contribution is 5.28. The van der Waals surface area contributed by atoms with Crippen LogP contribution in [0.4, 0.5) is 0 Å². The summed E-state index contributed by atoms with van der Waals surface area (Å²) in [5, 5.41) is 0. The van der Waals surface area contributed by atoms with Crippen molar-refractivity contribution in [3.05, 3.63) is 41.8 Å². The van der Waals surface area contributed by atoms with Gasteiger partial charge in [0.2, 0.25) is 0 Å². The van der Waals surface area contributed by atoms with Crippen LogP contribution in [0.1, 0.15) is 25.0 Å². The molecule has 1 radical (unpaired) electrons. The molecule has 0 saturated carbocycles. The molecule has 0 heterocycles. The first kappa shape index (κ1) is 8.32. The van der Waals surface area contributed by atoms with Crippen LogP contribution in [0.3, 0.4) is 0 Å². The largest absolute Gasteiger partial charge is 0.0622 e. The zero-order valence-electron chi connectivity index (χ0n) is 7.46. The summed E-state index contributed by atoms with van der Waals surface area (Å²) in [5.41, 5.74) is 2.67. The van der Waals surface area contributed by atoms with Gasteiger partial charge in [-0.1, -0.05) is 43.7 Å². The van der Waals surface area contributed by atoms with Crippen LogP contribution in [0, 0.1) is 19.3 Å². The van der Waals surface area contributed by atoms with Gasteiger partial charge in [-0.15, -0.1) is 0 Å². The average Bonchev–Trinajstić information content (AvgIpc) is 1.85. The third kappa shape index (κ3) is 2.75. The molecule has 0 aromatic heterocycles. The second-order valence-corrected chi connectivity index (χ2v) is 3.32. The van der Waals surface area contributed by atoms with Gasteiger partial charge in [0.05, 0.1) is 0 Å². The van der Waals surface area contributed by atoms with Gasteiger partial charge in [0, 0.05) is 0 Å². The van der Waals surface area contributed by atoms with E-state index in [0.29, 0.717) is 5.92 Å². The molecule has 0 nitrogen and oxygen atoms in total. The second kappa shape index (κ2) is 3.56. The standard InChI is InChI=1S/C11H15/c1-9(2)7-11-6-4-5-10(3)8-11/h4-9H,1-3H3. The van der Waals surface area contributed by atoms with Gasteiger partial charge in [-0.3, -0.25) is 0 Å². The van der Waals surface area contributed by atoms with E-state index in [9.17, 15) is 0 Å². The summed E-state index contributed by atoms with van der Waals surface area (Å²) in [5.74, 6) is 0.636. The summed E-state index contributed by atoms with van der Waals surface area (Å²) in [7, 11) is 0. The Hall–Kier alpha value is -0.780. The number of hydrogen-bond donors (Lipinski definition) is 0. The molecule has 1 aromatic rings. The smallest absolute Gasteiger partial charge is 0.00675 e. The molecule has 11 heavy (non-hydrogen) atoms. The first-order valence-corrected chi connectivity index (χ1v) is 4.10. The van der Waals surface area contributed by atoms with Crippen molar-refractivity contribution >= 4 is 0 Å². The third-order valence-electron chi connectivity index (χ3n) is 1.57. The molecular formula is C11H15. The molecule has 0 aliphatic rings. The molecule has 0 aliphatic carbocycles. The van der Waals surface area contributed by atoms with E-state index < -0.39 is 0 Å². The van der Waals surface area contributed by atoms with E-state index >= 15 is 0 Å². The van der Waals surface area contributed by atoms with E-state index in [-0.39, 0.29) is 0 Å². The van der Waals surface area contributed by atoms with Crippen LogP contribution >= 0.6 is 0 Å². The maximum atomic E-state index is 2.27. The van der Waals surface area contributed by atoms with Gasteiger partial charge in [-0.05, 0) is 24.8 Å². The lowest BCUT2D eigenvalue weighted by atomic mass is 10.0. The number of hydrogen-bond acceptors (Lipinski definition) is 0. The van der Waals surface area contributed by atoms with E-state index in [1.165, 1.54) is 11.1 Å². The summed E-state index contributed by atoms with van der Waals surface area (Å²) < 4.78 is 0. The highest BCUT2D eigenvalue weighted by Gasteiger charge is 1.96. The fourth-order valence-electron chi connectivity index (χ4n) is 1.16. The van der Waals surface area contributed by atoms with E-state index in [1.54, 1.807) is 0 Å². The van der Waals surface area contributed by atoms with Gasteiger partial charge >= 0.3 is 0 Å². The highest BCUT2D eigenvalue weighted by Crippen LogP contribution is 2.11. The second-order valence-electron chi connectivity index (χ2n) is 3.32. The number of rotatable bonds is 2. The Morgan fingerprint density at radius 1 is 1.27 bits per heavy atom. The number of benzene rings is 1. The molecule has 0 atom stereocenters. The molecule has 1 aromatic carbocycles. The SMILES string of the molecule is Cc1cccc([CH]C(C)C)c1. The molecular weight excluding hydrogens is 132 g/mol. The normalized spacial score (nSPS) is 10.5. The molecule has 0 fully saturated rings. The van der Waals surface area contributed by atoms with Crippen LogP contribution in [-0.2, 0) is 0 Å². The van der Waals surface area contributed by atoms with Crippen molar-refractivity contribution in [2.24, 2.45) is 5.92 Å². The lowest BCUT2D eigenvalue weighted by molar-refractivity contribution is 0.776. The Bertz CT molecular complexity index is 223. The quantitative estimate of drug-likeness (QED) is 0.602. The predicted octanol–water partition coefficient (Wildman–Crippen LogP) is 3.20. The lowest BCUT2D eigenvalue weighted by Gasteiger charge is -2.04. The monoisotopic (exact) mass is 147 g/mol. The molecule has 0 spiro atoms. The van der Waals surface area contributed by atoms with Crippen LogP contribution in [0.5, 0.6) is 0 Å². The highest BCUT2D eigenvalue weighted by atomic mass is 14.0. The fraction of sp³-hybridized carbons (Fsp3) is 0.364. The first-order chi connectivity index (χ1) is 5.18. The maximum absolute atomic E-state index is 2.27. The van der Waals surface area contributed by atoms with Gasteiger partial charge in [0.15, 0.2) is 0 Å². The Labute approximate surface area is 69.3 Å². The lowest BCUT2D eigenvalue weighted by Crippen LogP contribution is -1.90. The van der Waals surface area contributed by atoms with Gasteiger partial charge < -0.3 is 0 Å². The Balaban J connectivity index is 2.71. The van der Waals surface area contributed by atoms with E-state index in [4.69, 9.17) is 0 Å². The van der Waals surface area contributed by atoms with Crippen LogP contribution < -0.4 is 0 Å². The van der Waals surface area contributed by atoms with Crippen molar-refractivity contribution in [1.29, 1.82) is 0 Å². The van der Waals surface area contributed by atoms with Crippen molar-refractivity contribution in [2.45, 2.75) is 20.8 Å². The summed E-state index contributed by atoms with van der Waals surface area (Å²) in [6.45, 7) is 6.52. The summed E-state index contributed by atoms with van der Waals surface area (Å²) in [6.07, 6.45) is 2.27. The van der Waals surface area contributed by atoms with Crippen molar-refractivity contribution < 1.29 is 0 Å². The minimum Gasteiger partial charge on any atom is -0.0622 e. The Morgan fingerprint density at radius 3 is 2.55 bits per heavy atom. The van der Waals surface area contributed by atoms with Crippen molar-refractivity contribution in [1.82, 2.24) is 0 Å². The summed E-state index contributed by atoms with van der Waals surface area (Å²) >= 11 is 0. The fourth-order valence-corrected chi connectivity index (χ4v) is 1.16. The molecule has 0 amide bonds. The third-order valence-corrected chi connectivity index (χ3v) is 1.57. The van der Waals surface area contributed by atoms with Crippen LogP contribution in [0.15, 0.2) is 24.3 Å². The van der Waals surface area contributed by atoms with E-state index in [2.05, 4.69) is 51.5 Å². The molecule has 0 unspecified atom stereocenters. The van der Waals surface area contributed by atoms with Gasteiger partial charge in [-0.2, -0.15) is 0 Å². The van der Waals surface area contributed by atoms with Crippen LogP contribution in [0.25, 0.3) is 0 Å². The first-order valence-electron chi connectivity index (χ1n) is 4.10. The van der Waals surface area contributed by atoms with Crippen LogP contribution in [-0.4, -0.2) is 0 Å². The summed E-state index contributed by atoms with van der Waals surface area (Å²) in [4.78, 5) is 0. The topological polar surface area (TPSA) is 0 Å². The van der Waals surface area contributed by atoms with E-state index in [0.717, 1.165) is 0 Å². The van der Waals surface area contributed by atoms with Crippen LogP contribution in [0.2, 0.25) is 0 Å². The van der Waals surface area contributed by atoms with E-state index in [1.807, 2.05) is 0 Å². The maximum Gasteiger partial charge on any atom is -0.00675 e. The molecule has 1 rings (SSSR count). The zero-order valence-corrected chi connectivity index (χ0v) is 7.46. The minimum absolute atomic E-state index is 0.636. The molecule has 0 saturated heterocycles. The van der Waals surface area contributed by atoms with Gasteiger partial charge in [0.1, 0.15) is 0 Å². The molecule has 0 bridgehead atoms. The van der Waals surface area contributed by atoms with Gasteiger partial charge in [0.25, 0.3) is 0 Å². The van der Waals surface area contributed by atoms with Crippen molar-refractivity contribution in [2.75, 3.05) is 0 Å². The zero-order chi connectivity index (χ0) is 8.27. The van der Waals surface area contributed by atoms with Crippen molar-refractivity contribution in [3.8, 4) is 0 Å². The minimum atomic E-state index is 0.636. The predicted molar refractivity (Wildman–Crippen MR) is 49.4 cm³/mol. The molecule has 59 valence electrons. The number of aryl methyl sites for hydroxylation is 1. The average molecular weight is 147 g/mol. The molecule has 0 heteroatoms. The molecule has 0 aliphatic heterocycles. The summed E-state index contributed by atoms with van der Waals surface area (Å²) in [6, 6.07) is 8.58.